The van der Waals surface area contributed by atoms with E-state index in [-0.39, 0.29) is 5.75 Å². The van der Waals surface area contributed by atoms with Crippen LogP contribution in [0.4, 0.5) is 5.69 Å². The van der Waals surface area contributed by atoms with Gasteiger partial charge in [0.2, 0.25) is 0 Å². The fourth-order valence-corrected chi connectivity index (χ4v) is 1.73. The molecule has 78 valence electrons. The van der Waals surface area contributed by atoms with Crippen molar-refractivity contribution in [2.45, 2.75) is 33.1 Å². The van der Waals surface area contributed by atoms with E-state index < -0.39 is 0 Å². The number of hydrogen-bond donors (Lipinski definition) is 2. The summed E-state index contributed by atoms with van der Waals surface area (Å²) in [6.07, 6.45) is 3.49. The summed E-state index contributed by atoms with van der Waals surface area (Å²) >= 11 is 0. The van der Waals surface area contributed by atoms with Gasteiger partial charge in [-0.05, 0) is 30.0 Å². The van der Waals surface area contributed by atoms with Gasteiger partial charge in [-0.15, -0.1) is 0 Å². The first kappa shape index (κ1) is 10.9. The zero-order valence-corrected chi connectivity index (χ0v) is 8.96. The average molecular weight is 193 g/mol. The highest BCUT2D eigenvalue weighted by Crippen LogP contribution is 2.22. The predicted molar refractivity (Wildman–Crippen MR) is 60.3 cm³/mol. The van der Waals surface area contributed by atoms with Crippen molar-refractivity contribution in [3.63, 3.8) is 0 Å². The smallest absolute Gasteiger partial charge is 0.138 e. The minimum atomic E-state index is 0.178. The Labute approximate surface area is 85.8 Å². The Balaban J connectivity index is 2.63. The maximum atomic E-state index is 9.26. The molecule has 0 aromatic heterocycles. The van der Waals surface area contributed by atoms with Crippen LogP contribution in [0.25, 0.3) is 0 Å². The summed E-state index contributed by atoms with van der Waals surface area (Å²) in [6, 6.07) is 5.47. The van der Waals surface area contributed by atoms with E-state index in [1.807, 2.05) is 12.1 Å². The van der Waals surface area contributed by atoms with Gasteiger partial charge in [-0.3, -0.25) is 0 Å². The van der Waals surface area contributed by atoms with Crippen molar-refractivity contribution in [2.75, 3.05) is 5.73 Å². The molecule has 1 atom stereocenters. The number of aromatic hydroxyl groups is 1. The van der Waals surface area contributed by atoms with E-state index in [4.69, 9.17) is 5.73 Å². The molecular formula is C12H19NO. The van der Waals surface area contributed by atoms with Crippen molar-refractivity contribution in [1.82, 2.24) is 0 Å². The molecule has 0 amide bonds. The molecule has 3 N–H and O–H groups in total. The first-order valence-electron chi connectivity index (χ1n) is 5.20. The van der Waals surface area contributed by atoms with E-state index >= 15 is 0 Å². The Bertz CT molecular complexity index is 296. The summed E-state index contributed by atoms with van der Waals surface area (Å²) in [5.74, 6) is 0.862. The molecule has 0 aliphatic rings. The highest BCUT2D eigenvalue weighted by molar-refractivity contribution is 5.53. The largest absolute Gasteiger partial charge is 0.506 e. The third-order valence-electron chi connectivity index (χ3n) is 2.46. The Morgan fingerprint density at radius 2 is 2.14 bits per heavy atom. The third kappa shape index (κ3) is 2.95. The van der Waals surface area contributed by atoms with Crippen LogP contribution < -0.4 is 5.73 Å². The number of phenolic OH excluding ortho intramolecular Hbond substituents is 1. The molecular weight excluding hydrogens is 174 g/mol. The Hall–Kier alpha value is -1.18. The monoisotopic (exact) mass is 193 g/mol. The predicted octanol–water partition coefficient (Wildman–Crippen LogP) is 2.95. The summed E-state index contributed by atoms with van der Waals surface area (Å²) in [5, 5.41) is 9.26. The molecule has 14 heavy (non-hydrogen) atoms. The van der Waals surface area contributed by atoms with Gasteiger partial charge in [0.05, 0.1) is 5.69 Å². The summed E-state index contributed by atoms with van der Waals surface area (Å²) in [4.78, 5) is 0. The van der Waals surface area contributed by atoms with E-state index in [9.17, 15) is 5.11 Å². The molecule has 0 saturated carbocycles. The molecule has 1 rings (SSSR count). The van der Waals surface area contributed by atoms with Crippen LogP contribution >= 0.6 is 0 Å². The maximum Gasteiger partial charge on any atom is 0.138 e. The van der Waals surface area contributed by atoms with Crippen LogP contribution in [0, 0.1) is 5.92 Å². The second kappa shape index (κ2) is 4.89. The standard InChI is InChI=1S/C12H19NO/c1-3-4-9(2)7-10-5-6-12(14)11(13)8-10/h5-6,8-9,14H,3-4,7,13H2,1-2H3. The van der Waals surface area contributed by atoms with E-state index in [1.54, 1.807) is 6.07 Å². The summed E-state index contributed by atoms with van der Waals surface area (Å²) < 4.78 is 0. The van der Waals surface area contributed by atoms with Crippen molar-refractivity contribution < 1.29 is 5.11 Å². The van der Waals surface area contributed by atoms with Gasteiger partial charge < -0.3 is 10.8 Å². The minimum Gasteiger partial charge on any atom is -0.506 e. The lowest BCUT2D eigenvalue weighted by Crippen LogP contribution is -1.99. The molecule has 0 saturated heterocycles. The molecule has 1 aromatic carbocycles. The third-order valence-corrected chi connectivity index (χ3v) is 2.46. The first-order valence-corrected chi connectivity index (χ1v) is 5.20. The lowest BCUT2D eigenvalue weighted by Gasteiger charge is -2.10. The molecule has 0 bridgehead atoms. The first-order chi connectivity index (χ1) is 6.63. The highest BCUT2D eigenvalue weighted by Gasteiger charge is 2.04. The molecule has 0 spiro atoms. The number of phenols is 1. The maximum absolute atomic E-state index is 9.26. The molecule has 0 radical (unpaired) electrons. The van der Waals surface area contributed by atoms with E-state index in [0.29, 0.717) is 11.6 Å². The lowest BCUT2D eigenvalue weighted by atomic mass is 9.97. The van der Waals surface area contributed by atoms with Crippen LogP contribution in [-0.2, 0) is 6.42 Å². The van der Waals surface area contributed by atoms with Crippen LogP contribution in [-0.4, -0.2) is 5.11 Å². The van der Waals surface area contributed by atoms with Gasteiger partial charge in [-0.25, -0.2) is 0 Å². The van der Waals surface area contributed by atoms with Crippen LogP contribution in [0.5, 0.6) is 5.75 Å². The van der Waals surface area contributed by atoms with E-state index in [1.165, 1.54) is 18.4 Å². The molecule has 1 aromatic rings. The molecule has 0 aliphatic heterocycles. The Morgan fingerprint density at radius 1 is 1.43 bits per heavy atom. The molecule has 1 unspecified atom stereocenters. The molecule has 0 heterocycles. The van der Waals surface area contributed by atoms with Crippen molar-refractivity contribution in [1.29, 1.82) is 0 Å². The number of hydrogen-bond acceptors (Lipinski definition) is 2. The number of benzene rings is 1. The van der Waals surface area contributed by atoms with Crippen molar-refractivity contribution >= 4 is 5.69 Å². The Morgan fingerprint density at radius 3 is 2.71 bits per heavy atom. The second-order valence-corrected chi connectivity index (χ2v) is 3.99. The quantitative estimate of drug-likeness (QED) is 0.570. The van der Waals surface area contributed by atoms with Gasteiger partial charge in [-0.1, -0.05) is 32.8 Å². The summed E-state index contributed by atoms with van der Waals surface area (Å²) in [6.45, 7) is 4.44. The minimum absolute atomic E-state index is 0.178. The topological polar surface area (TPSA) is 46.2 Å². The molecule has 2 heteroatoms. The van der Waals surface area contributed by atoms with Gasteiger partial charge in [0.15, 0.2) is 0 Å². The normalized spacial score (nSPS) is 12.7. The average Bonchev–Trinajstić information content (AvgIpc) is 2.12. The number of anilines is 1. The summed E-state index contributed by atoms with van der Waals surface area (Å²) in [5.41, 5.74) is 7.31. The van der Waals surface area contributed by atoms with Crippen molar-refractivity contribution in [3.05, 3.63) is 23.8 Å². The second-order valence-electron chi connectivity index (χ2n) is 3.99. The van der Waals surface area contributed by atoms with Crippen LogP contribution in [0.3, 0.4) is 0 Å². The highest BCUT2D eigenvalue weighted by atomic mass is 16.3. The zero-order valence-electron chi connectivity index (χ0n) is 8.96. The Kier molecular flexibility index (Phi) is 3.81. The van der Waals surface area contributed by atoms with Gasteiger partial charge >= 0.3 is 0 Å². The van der Waals surface area contributed by atoms with Crippen LogP contribution in [0.2, 0.25) is 0 Å². The number of nitrogen functional groups attached to an aromatic ring is 1. The van der Waals surface area contributed by atoms with Crippen LogP contribution in [0.1, 0.15) is 32.3 Å². The van der Waals surface area contributed by atoms with Gasteiger partial charge in [-0.2, -0.15) is 0 Å². The van der Waals surface area contributed by atoms with Gasteiger partial charge in [0.25, 0.3) is 0 Å². The molecule has 0 aliphatic carbocycles. The van der Waals surface area contributed by atoms with E-state index in [0.717, 1.165) is 6.42 Å². The van der Waals surface area contributed by atoms with Crippen LogP contribution in [0.15, 0.2) is 18.2 Å². The van der Waals surface area contributed by atoms with E-state index in [2.05, 4.69) is 13.8 Å². The summed E-state index contributed by atoms with van der Waals surface area (Å²) in [7, 11) is 0. The van der Waals surface area contributed by atoms with Crippen molar-refractivity contribution in [2.24, 2.45) is 5.92 Å². The lowest BCUT2D eigenvalue weighted by molar-refractivity contribution is 0.477. The number of nitrogens with two attached hydrogens (primary N) is 1. The fourth-order valence-electron chi connectivity index (χ4n) is 1.73. The number of rotatable bonds is 4. The zero-order chi connectivity index (χ0) is 10.6. The van der Waals surface area contributed by atoms with Crippen molar-refractivity contribution in [3.8, 4) is 5.75 Å². The molecule has 2 nitrogen and oxygen atoms in total. The molecule has 0 fully saturated rings. The fraction of sp³-hybridized carbons (Fsp3) is 0.500. The van der Waals surface area contributed by atoms with Gasteiger partial charge in [0.1, 0.15) is 5.75 Å². The van der Waals surface area contributed by atoms with Gasteiger partial charge in [0, 0.05) is 0 Å². The SMILES string of the molecule is CCCC(C)Cc1ccc(O)c(N)c1.